The lowest BCUT2D eigenvalue weighted by Crippen LogP contribution is -2.49. The molecule has 0 aliphatic carbocycles. The molecule has 7 nitrogen and oxygen atoms in total. The Hall–Kier alpha value is -2.29. The number of phenols is 2. The summed E-state index contributed by atoms with van der Waals surface area (Å²) in [5, 5.41) is 18.9. The fourth-order valence-corrected chi connectivity index (χ4v) is 3.93. The maximum Gasteiger partial charge on any atom is 0.342 e. The van der Waals surface area contributed by atoms with Gasteiger partial charge in [0.2, 0.25) is 0 Å². The van der Waals surface area contributed by atoms with Crippen molar-refractivity contribution in [1.82, 2.24) is 9.80 Å². The number of piperazine rings is 1. The van der Waals surface area contributed by atoms with Gasteiger partial charge in [-0.25, -0.2) is 4.79 Å². The lowest BCUT2D eigenvalue weighted by molar-refractivity contribution is -0.136. The number of thiophene rings is 1. The molecule has 27 heavy (non-hydrogen) atoms. The van der Waals surface area contributed by atoms with E-state index in [4.69, 9.17) is 16.3 Å². The lowest BCUT2D eigenvalue weighted by Gasteiger charge is -2.34. The maximum absolute atomic E-state index is 12.3. The van der Waals surface area contributed by atoms with Crippen LogP contribution in [0, 0.1) is 0 Å². The predicted molar refractivity (Wildman–Crippen MR) is 101 cm³/mol. The molecule has 1 fully saturated rings. The Balaban J connectivity index is 1.44. The van der Waals surface area contributed by atoms with Crippen molar-refractivity contribution < 1.29 is 24.5 Å². The minimum Gasteiger partial charge on any atom is -0.508 e. The first-order valence-electron chi connectivity index (χ1n) is 8.36. The summed E-state index contributed by atoms with van der Waals surface area (Å²) in [4.78, 5) is 29.3. The minimum absolute atomic E-state index is 0.0972. The van der Waals surface area contributed by atoms with Gasteiger partial charge in [0.25, 0.3) is 5.91 Å². The van der Waals surface area contributed by atoms with Gasteiger partial charge in [-0.15, -0.1) is 11.3 Å². The monoisotopic (exact) mass is 410 g/mol. The molecule has 2 N–H and O–H groups in total. The fraction of sp³-hybridized carbons (Fsp3) is 0.333. The molecule has 1 aromatic carbocycles. The minimum atomic E-state index is -0.811. The van der Waals surface area contributed by atoms with E-state index in [1.807, 2.05) is 12.1 Å². The second-order valence-corrected chi connectivity index (χ2v) is 7.94. The molecule has 9 heteroatoms. The van der Waals surface area contributed by atoms with Crippen molar-refractivity contribution >= 4 is 34.8 Å². The molecule has 0 saturated carbocycles. The summed E-state index contributed by atoms with van der Waals surface area (Å²) in [5.41, 5.74) is -0.0972. The molecule has 0 radical (unpaired) electrons. The molecule has 0 spiro atoms. The molecule has 1 saturated heterocycles. The molecule has 3 rings (SSSR count). The van der Waals surface area contributed by atoms with Crippen LogP contribution >= 0.6 is 22.9 Å². The van der Waals surface area contributed by atoms with E-state index in [0.717, 1.165) is 30.0 Å². The Bertz CT molecular complexity index is 833. The van der Waals surface area contributed by atoms with Crippen LogP contribution in [-0.4, -0.2) is 64.7 Å². The second kappa shape index (κ2) is 8.60. The Kier molecular flexibility index (Phi) is 6.20. The van der Waals surface area contributed by atoms with Gasteiger partial charge in [0, 0.05) is 43.7 Å². The Labute approximate surface area is 165 Å². The van der Waals surface area contributed by atoms with E-state index in [2.05, 4.69) is 4.90 Å². The van der Waals surface area contributed by atoms with Crippen LogP contribution in [0.2, 0.25) is 4.34 Å². The third-order valence-corrected chi connectivity index (χ3v) is 5.48. The molecule has 1 aromatic heterocycles. The topological polar surface area (TPSA) is 90.3 Å². The smallest absolute Gasteiger partial charge is 0.342 e. The largest absolute Gasteiger partial charge is 0.508 e. The molecular formula is C18H19ClN2O5S. The summed E-state index contributed by atoms with van der Waals surface area (Å²) < 4.78 is 5.75. The molecule has 2 aromatic rings. The van der Waals surface area contributed by atoms with Gasteiger partial charge in [0.1, 0.15) is 17.1 Å². The number of halogens is 1. The van der Waals surface area contributed by atoms with Gasteiger partial charge in [0.05, 0.1) is 4.34 Å². The van der Waals surface area contributed by atoms with Crippen LogP contribution < -0.4 is 0 Å². The van der Waals surface area contributed by atoms with E-state index in [1.54, 1.807) is 16.2 Å². The van der Waals surface area contributed by atoms with Crippen LogP contribution in [0.4, 0.5) is 0 Å². The zero-order valence-electron chi connectivity index (χ0n) is 14.4. The molecule has 1 aliphatic heterocycles. The Morgan fingerprint density at radius 3 is 2.48 bits per heavy atom. The highest BCUT2D eigenvalue weighted by atomic mass is 35.5. The zero-order chi connectivity index (χ0) is 19.4. The van der Waals surface area contributed by atoms with E-state index >= 15 is 0 Å². The van der Waals surface area contributed by atoms with E-state index in [1.165, 1.54) is 17.0 Å². The third-order valence-electron chi connectivity index (χ3n) is 4.26. The summed E-state index contributed by atoms with van der Waals surface area (Å²) in [6.45, 7) is 2.98. The molecule has 1 aliphatic rings. The lowest BCUT2D eigenvalue weighted by atomic mass is 10.2. The summed E-state index contributed by atoms with van der Waals surface area (Å²) in [7, 11) is 0. The van der Waals surface area contributed by atoms with E-state index in [9.17, 15) is 19.8 Å². The number of aromatic hydroxyl groups is 2. The van der Waals surface area contributed by atoms with Crippen LogP contribution in [0.15, 0.2) is 30.3 Å². The number of rotatable bonds is 5. The van der Waals surface area contributed by atoms with Crippen molar-refractivity contribution in [3.8, 4) is 11.5 Å². The quantitative estimate of drug-likeness (QED) is 0.735. The van der Waals surface area contributed by atoms with Crippen molar-refractivity contribution in [3.63, 3.8) is 0 Å². The van der Waals surface area contributed by atoms with Crippen molar-refractivity contribution in [3.05, 3.63) is 45.1 Å². The zero-order valence-corrected chi connectivity index (χ0v) is 16.0. The summed E-state index contributed by atoms with van der Waals surface area (Å²) in [5.74, 6) is -1.65. The van der Waals surface area contributed by atoms with Crippen molar-refractivity contribution in [2.24, 2.45) is 0 Å². The SMILES string of the molecule is O=C(OCC(=O)N1CCN(Cc2ccc(Cl)s2)CC1)c1ccc(O)cc1O. The number of esters is 1. The van der Waals surface area contributed by atoms with E-state index in [-0.39, 0.29) is 23.8 Å². The van der Waals surface area contributed by atoms with Gasteiger partial charge in [0.15, 0.2) is 6.61 Å². The average molecular weight is 411 g/mol. The second-order valence-electron chi connectivity index (χ2n) is 6.14. The van der Waals surface area contributed by atoms with Crippen molar-refractivity contribution in [1.29, 1.82) is 0 Å². The highest BCUT2D eigenvalue weighted by Crippen LogP contribution is 2.24. The van der Waals surface area contributed by atoms with Crippen molar-refractivity contribution in [2.45, 2.75) is 6.54 Å². The van der Waals surface area contributed by atoms with Gasteiger partial charge >= 0.3 is 5.97 Å². The average Bonchev–Trinajstić information content (AvgIpc) is 3.05. The summed E-state index contributed by atoms with van der Waals surface area (Å²) in [6, 6.07) is 7.42. The molecule has 144 valence electrons. The molecule has 0 atom stereocenters. The number of hydrogen-bond donors (Lipinski definition) is 2. The molecular weight excluding hydrogens is 392 g/mol. The number of nitrogens with zero attached hydrogens (tertiary/aromatic N) is 2. The van der Waals surface area contributed by atoms with Crippen LogP contribution in [-0.2, 0) is 16.1 Å². The number of hydrogen-bond acceptors (Lipinski definition) is 7. The number of carbonyl (C=O) groups excluding carboxylic acids is 2. The first-order chi connectivity index (χ1) is 12.9. The number of phenolic OH excluding ortho intramolecular Hbond substituents is 2. The number of carbonyl (C=O) groups is 2. The van der Waals surface area contributed by atoms with Gasteiger partial charge in [-0.3, -0.25) is 9.69 Å². The van der Waals surface area contributed by atoms with E-state index < -0.39 is 11.7 Å². The van der Waals surface area contributed by atoms with Gasteiger partial charge < -0.3 is 19.8 Å². The highest BCUT2D eigenvalue weighted by Gasteiger charge is 2.23. The molecule has 0 unspecified atom stereocenters. The van der Waals surface area contributed by atoms with Gasteiger partial charge in [-0.05, 0) is 24.3 Å². The first kappa shape index (κ1) is 19.5. The molecule has 0 bridgehead atoms. The Morgan fingerprint density at radius 1 is 1.11 bits per heavy atom. The molecule has 2 heterocycles. The summed E-state index contributed by atoms with van der Waals surface area (Å²) in [6.07, 6.45) is 0. The standard InChI is InChI=1S/C18H19ClN2O5S/c19-16-4-2-13(27-16)10-20-5-7-21(8-6-20)17(24)11-26-18(25)14-3-1-12(22)9-15(14)23/h1-4,9,22-23H,5-8,10-11H2. The van der Waals surface area contributed by atoms with Crippen LogP contribution in [0.1, 0.15) is 15.2 Å². The number of benzene rings is 1. The molecule has 1 amide bonds. The van der Waals surface area contributed by atoms with Crippen LogP contribution in [0.5, 0.6) is 11.5 Å². The third kappa shape index (κ3) is 5.12. The Morgan fingerprint density at radius 2 is 1.85 bits per heavy atom. The van der Waals surface area contributed by atoms with Crippen LogP contribution in [0.25, 0.3) is 0 Å². The number of amides is 1. The first-order valence-corrected chi connectivity index (χ1v) is 9.55. The predicted octanol–water partition coefficient (Wildman–Crippen LogP) is 2.31. The fourth-order valence-electron chi connectivity index (χ4n) is 2.80. The van der Waals surface area contributed by atoms with Crippen LogP contribution in [0.3, 0.4) is 0 Å². The van der Waals surface area contributed by atoms with Gasteiger partial charge in [-0.1, -0.05) is 11.6 Å². The van der Waals surface area contributed by atoms with Gasteiger partial charge in [-0.2, -0.15) is 0 Å². The maximum atomic E-state index is 12.3. The number of ether oxygens (including phenoxy) is 1. The summed E-state index contributed by atoms with van der Waals surface area (Å²) >= 11 is 7.49. The highest BCUT2D eigenvalue weighted by molar-refractivity contribution is 7.16. The van der Waals surface area contributed by atoms with E-state index in [0.29, 0.717) is 13.1 Å². The normalized spacial score (nSPS) is 14.9. The van der Waals surface area contributed by atoms with Crippen molar-refractivity contribution in [2.75, 3.05) is 32.8 Å².